The molecule has 1 aromatic heterocycles. The second-order valence-electron chi connectivity index (χ2n) is 6.62. The van der Waals surface area contributed by atoms with Crippen molar-refractivity contribution < 1.29 is 22.4 Å². The third-order valence-corrected chi connectivity index (χ3v) is 4.87. The van der Waals surface area contributed by atoms with Crippen LogP contribution in [0.4, 0.5) is 23.2 Å². The summed E-state index contributed by atoms with van der Waals surface area (Å²) in [6.07, 6.45) is -5.01. The number of benzene rings is 2. The van der Waals surface area contributed by atoms with Crippen LogP contribution in [0.3, 0.4) is 0 Å². The summed E-state index contributed by atoms with van der Waals surface area (Å²) in [6.45, 7) is 0. The van der Waals surface area contributed by atoms with Crippen molar-refractivity contribution >= 4 is 34.8 Å². The molecule has 0 spiro atoms. The highest BCUT2D eigenvalue weighted by Crippen LogP contribution is 2.28. The topological polar surface area (TPSA) is 96.9 Å². The van der Waals surface area contributed by atoms with E-state index in [1.54, 1.807) is 6.07 Å². The molecule has 2 aromatic carbocycles. The molecule has 0 atom stereocenters. The van der Waals surface area contributed by atoms with Gasteiger partial charge in [0.2, 0.25) is 0 Å². The SMILES string of the molecule is Cn1c(C(F)(F)F)cc(=O)n(-c2cc(NC(=O)c3cc(Cl)cc(Cl)c3)c(C#N)cc2F)c1=O. The quantitative estimate of drug-likeness (QED) is 0.547. The van der Waals surface area contributed by atoms with E-state index in [2.05, 4.69) is 5.32 Å². The molecule has 0 saturated carbocycles. The molecule has 0 radical (unpaired) electrons. The summed E-state index contributed by atoms with van der Waals surface area (Å²) < 4.78 is 54.1. The number of nitrogens with zero attached hydrogens (tertiary/aromatic N) is 3. The number of hydrogen-bond donors (Lipinski definition) is 1. The first-order valence-corrected chi connectivity index (χ1v) is 9.51. The Morgan fingerprint density at radius 2 is 1.67 bits per heavy atom. The molecule has 0 saturated heterocycles. The molecular weight excluding hydrogens is 491 g/mol. The molecule has 3 rings (SSSR count). The molecule has 170 valence electrons. The van der Waals surface area contributed by atoms with Gasteiger partial charge in [0.15, 0.2) is 0 Å². The molecule has 1 heterocycles. The molecule has 1 amide bonds. The maximum atomic E-state index is 14.7. The van der Waals surface area contributed by atoms with E-state index in [1.165, 1.54) is 18.2 Å². The van der Waals surface area contributed by atoms with Gasteiger partial charge < -0.3 is 5.32 Å². The first kappa shape index (κ1) is 24.0. The zero-order chi connectivity index (χ0) is 24.7. The molecule has 1 N–H and O–H groups in total. The van der Waals surface area contributed by atoms with Gasteiger partial charge in [0, 0.05) is 28.7 Å². The third-order valence-electron chi connectivity index (χ3n) is 4.43. The van der Waals surface area contributed by atoms with Crippen LogP contribution in [-0.4, -0.2) is 15.0 Å². The van der Waals surface area contributed by atoms with Gasteiger partial charge in [-0.2, -0.15) is 18.4 Å². The number of alkyl halides is 3. The maximum absolute atomic E-state index is 14.7. The molecule has 33 heavy (non-hydrogen) atoms. The van der Waals surface area contributed by atoms with E-state index in [1.807, 2.05) is 0 Å². The van der Waals surface area contributed by atoms with Crippen LogP contribution >= 0.6 is 23.2 Å². The van der Waals surface area contributed by atoms with Crippen molar-refractivity contribution in [1.82, 2.24) is 9.13 Å². The number of nitriles is 1. The fraction of sp³-hybridized carbons (Fsp3) is 0.100. The fourth-order valence-electron chi connectivity index (χ4n) is 2.93. The van der Waals surface area contributed by atoms with Crippen molar-refractivity contribution in [2.75, 3.05) is 5.32 Å². The van der Waals surface area contributed by atoms with Crippen LogP contribution in [0.5, 0.6) is 0 Å². The zero-order valence-electron chi connectivity index (χ0n) is 16.3. The van der Waals surface area contributed by atoms with E-state index in [4.69, 9.17) is 23.2 Å². The average molecular weight is 501 g/mol. The number of rotatable bonds is 3. The standard InChI is InChI=1S/C20H10Cl2F4N4O3/c1-29-16(20(24,25)26)7-17(31)30(19(29)33)15-6-14(10(8-27)4-13(15)23)28-18(32)9-2-11(21)5-12(22)3-9/h2-7H,1H3,(H,28,32). The predicted octanol–water partition coefficient (Wildman–Crippen LogP) is 4.12. The highest BCUT2D eigenvalue weighted by Gasteiger charge is 2.35. The van der Waals surface area contributed by atoms with E-state index in [9.17, 15) is 37.2 Å². The molecule has 0 fully saturated rings. The number of aromatic nitrogens is 2. The summed E-state index contributed by atoms with van der Waals surface area (Å²) in [5, 5.41) is 11.9. The van der Waals surface area contributed by atoms with E-state index >= 15 is 0 Å². The minimum Gasteiger partial charge on any atom is -0.321 e. The van der Waals surface area contributed by atoms with E-state index in [0.29, 0.717) is 6.07 Å². The number of hydrogen-bond acceptors (Lipinski definition) is 4. The van der Waals surface area contributed by atoms with Crippen molar-refractivity contribution in [3.8, 4) is 11.8 Å². The second kappa shape index (κ2) is 8.73. The number of anilines is 1. The van der Waals surface area contributed by atoms with E-state index < -0.39 is 40.5 Å². The van der Waals surface area contributed by atoms with Crippen molar-refractivity contribution in [1.29, 1.82) is 5.26 Å². The minimum atomic E-state index is -5.01. The molecule has 0 aliphatic heterocycles. The normalized spacial score (nSPS) is 11.2. The van der Waals surface area contributed by atoms with Gasteiger partial charge in [-0.15, -0.1) is 0 Å². The average Bonchev–Trinajstić information content (AvgIpc) is 2.71. The van der Waals surface area contributed by atoms with Gasteiger partial charge in [0.25, 0.3) is 11.5 Å². The summed E-state index contributed by atoms with van der Waals surface area (Å²) >= 11 is 11.7. The predicted molar refractivity (Wildman–Crippen MR) is 111 cm³/mol. The zero-order valence-corrected chi connectivity index (χ0v) is 17.8. The van der Waals surface area contributed by atoms with Crippen LogP contribution in [0, 0.1) is 17.1 Å². The van der Waals surface area contributed by atoms with Crippen LogP contribution in [0.2, 0.25) is 10.0 Å². The summed E-state index contributed by atoms with van der Waals surface area (Å²) in [5.41, 5.74) is -5.98. The lowest BCUT2D eigenvalue weighted by atomic mass is 10.1. The van der Waals surface area contributed by atoms with Gasteiger partial charge in [-0.05, 0) is 30.3 Å². The van der Waals surface area contributed by atoms with Crippen molar-refractivity contribution in [3.63, 3.8) is 0 Å². The Kier molecular flexibility index (Phi) is 6.35. The maximum Gasteiger partial charge on any atom is 0.431 e. The van der Waals surface area contributed by atoms with Crippen LogP contribution in [0.25, 0.3) is 5.69 Å². The summed E-state index contributed by atoms with van der Waals surface area (Å²) in [4.78, 5) is 37.3. The first-order chi connectivity index (χ1) is 15.3. The number of amides is 1. The Morgan fingerprint density at radius 1 is 1.06 bits per heavy atom. The molecule has 0 unspecified atom stereocenters. The monoisotopic (exact) mass is 500 g/mol. The van der Waals surface area contributed by atoms with Crippen LogP contribution < -0.4 is 16.6 Å². The number of halogens is 6. The third kappa shape index (κ3) is 4.76. The van der Waals surface area contributed by atoms with Crippen LogP contribution in [-0.2, 0) is 13.2 Å². The lowest BCUT2D eigenvalue weighted by Crippen LogP contribution is -2.41. The minimum absolute atomic E-state index is 0.0233. The number of carbonyl (C=O) groups is 1. The Bertz CT molecular complexity index is 1440. The van der Waals surface area contributed by atoms with Crippen molar-refractivity contribution in [2.24, 2.45) is 7.05 Å². The van der Waals surface area contributed by atoms with Crippen molar-refractivity contribution in [2.45, 2.75) is 6.18 Å². The first-order valence-electron chi connectivity index (χ1n) is 8.75. The lowest BCUT2D eigenvalue weighted by Gasteiger charge is -2.15. The second-order valence-corrected chi connectivity index (χ2v) is 7.49. The Morgan fingerprint density at radius 3 is 2.21 bits per heavy atom. The Balaban J connectivity index is 2.17. The molecule has 0 aliphatic rings. The number of nitrogens with one attached hydrogen (secondary N) is 1. The number of carbonyl (C=O) groups excluding carboxylic acids is 1. The lowest BCUT2D eigenvalue weighted by molar-refractivity contribution is -0.144. The summed E-state index contributed by atoms with van der Waals surface area (Å²) in [6, 6.07) is 7.06. The smallest absolute Gasteiger partial charge is 0.321 e. The van der Waals surface area contributed by atoms with Gasteiger partial charge in [-0.25, -0.2) is 13.8 Å². The molecule has 3 aromatic rings. The largest absolute Gasteiger partial charge is 0.431 e. The molecule has 13 heteroatoms. The highest BCUT2D eigenvalue weighted by molar-refractivity contribution is 6.35. The Hall–Kier alpha value is -3.62. The molecule has 0 aliphatic carbocycles. The van der Waals surface area contributed by atoms with Gasteiger partial charge in [-0.1, -0.05) is 23.2 Å². The fourth-order valence-corrected chi connectivity index (χ4v) is 3.45. The highest BCUT2D eigenvalue weighted by atomic mass is 35.5. The van der Waals surface area contributed by atoms with Gasteiger partial charge in [0.05, 0.1) is 16.9 Å². The summed E-state index contributed by atoms with van der Waals surface area (Å²) in [7, 11) is 0.758. The van der Waals surface area contributed by atoms with Crippen molar-refractivity contribution in [3.05, 3.63) is 89.9 Å². The molecule has 0 bridgehead atoms. The molecule has 7 nitrogen and oxygen atoms in total. The van der Waals surface area contributed by atoms with E-state index in [0.717, 1.165) is 13.1 Å². The van der Waals surface area contributed by atoms with Crippen LogP contribution in [0.15, 0.2) is 46.0 Å². The van der Waals surface area contributed by atoms with Gasteiger partial charge in [0.1, 0.15) is 17.6 Å². The molecular formula is C20H10Cl2F4N4O3. The van der Waals surface area contributed by atoms with Gasteiger partial charge in [-0.3, -0.25) is 14.2 Å². The Labute approximate surface area is 192 Å². The van der Waals surface area contributed by atoms with Crippen LogP contribution in [0.1, 0.15) is 21.6 Å². The van der Waals surface area contributed by atoms with E-state index in [-0.39, 0.29) is 42.1 Å². The van der Waals surface area contributed by atoms with Gasteiger partial charge >= 0.3 is 11.9 Å². The summed E-state index contributed by atoms with van der Waals surface area (Å²) in [5.74, 6) is -2.07.